The molecule has 0 aliphatic carbocycles. The van der Waals surface area contributed by atoms with Crippen LogP contribution in [0, 0.1) is 0 Å². The third-order valence-electron chi connectivity index (χ3n) is 1.99. The molecule has 6 nitrogen and oxygen atoms in total. The van der Waals surface area contributed by atoms with Crippen LogP contribution in [0.2, 0.25) is 0 Å². The number of methoxy groups -OCH3 is 1. The summed E-state index contributed by atoms with van der Waals surface area (Å²) in [6, 6.07) is 1.72. The van der Waals surface area contributed by atoms with Crippen LogP contribution in [0.25, 0.3) is 0 Å². The molecule has 0 aliphatic rings. The molecule has 3 N–H and O–H groups in total. The first-order valence-electron chi connectivity index (χ1n) is 4.68. The average molecular weight is 212 g/mol. The Bertz CT molecular complexity index is 320. The second kappa shape index (κ2) is 5.47. The maximum atomic E-state index is 11.5. The molecule has 1 aromatic heterocycles. The quantitative estimate of drug-likeness (QED) is 0.703. The van der Waals surface area contributed by atoms with E-state index in [0.717, 1.165) is 0 Å². The normalized spacial score (nSPS) is 12.5. The Kier molecular flexibility index (Phi) is 4.26. The molecule has 1 unspecified atom stereocenters. The van der Waals surface area contributed by atoms with E-state index in [2.05, 4.69) is 10.4 Å². The van der Waals surface area contributed by atoms with E-state index in [9.17, 15) is 4.79 Å². The summed E-state index contributed by atoms with van der Waals surface area (Å²) in [7, 11) is 3.32. The lowest BCUT2D eigenvalue weighted by atomic mass is 10.2. The summed E-state index contributed by atoms with van der Waals surface area (Å²) >= 11 is 0. The molecule has 0 aromatic carbocycles. The van der Waals surface area contributed by atoms with Crippen molar-refractivity contribution >= 4 is 11.7 Å². The van der Waals surface area contributed by atoms with E-state index in [0.29, 0.717) is 12.4 Å². The summed E-state index contributed by atoms with van der Waals surface area (Å²) in [5.41, 5.74) is 5.40. The monoisotopic (exact) mass is 212 g/mol. The molecule has 0 bridgehead atoms. The first-order chi connectivity index (χ1) is 7.15. The molecule has 0 aliphatic heterocycles. The average Bonchev–Trinajstić information content (AvgIpc) is 2.60. The number of carbonyl (C=O) groups excluding carboxylic acids is 1. The van der Waals surface area contributed by atoms with Gasteiger partial charge in [0.1, 0.15) is 0 Å². The number of ether oxygens (including phenoxy) is 1. The zero-order chi connectivity index (χ0) is 11.3. The van der Waals surface area contributed by atoms with Gasteiger partial charge in [0.25, 0.3) is 0 Å². The van der Waals surface area contributed by atoms with Crippen LogP contribution < -0.4 is 11.1 Å². The minimum atomic E-state index is -0.242. The van der Waals surface area contributed by atoms with E-state index < -0.39 is 0 Å². The lowest BCUT2D eigenvalue weighted by Gasteiger charge is -2.11. The number of aryl methyl sites for hydroxylation is 1. The van der Waals surface area contributed by atoms with Crippen molar-refractivity contribution in [1.82, 2.24) is 9.78 Å². The van der Waals surface area contributed by atoms with Gasteiger partial charge < -0.3 is 15.8 Å². The maximum absolute atomic E-state index is 11.5. The predicted molar refractivity (Wildman–Crippen MR) is 56.3 cm³/mol. The topological polar surface area (TPSA) is 82.2 Å². The second-order valence-electron chi connectivity index (χ2n) is 3.22. The number of carbonyl (C=O) groups is 1. The molecule has 6 heteroatoms. The van der Waals surface area contributed by atoms with Crippen molar-refractivity contribution in [2.24, 2.45) is 12.8 Å². The van der Waals surface area contributed by atoms with Crippen LogP contribution in [0.1, 0.15) is 6.42 Å². The molecule has 1 rings (SSSR count). The van der Waals surface area contributed by atoms with Gasteiger partial charge in [0, 0.05) is 33.0 Å². The van der Waals surface area contributed by atoms with Crippen molar-refractivity contribution in [3.8, 4) is 0 Å². The van der Waals surface area contributed by atoms with Gasteiger partial charge >= 0.3 is 0 Å². The van der Waals surface area contributed by atoms with Gasteiger partial charge in [0.05, 0.1) is 12.5 Å². The van der Waals surface area contributed by atoms with E-state index in [1.165, 1.54) is 7.11 Å². The van der Waals surface area contributed by atoms with Crippen molar-refractivity contribution in [2.75, 3.05) is 19.0 Å². The molecule has 0 radical (unpaired) electrons. The van der Waals surface area contributed by atoms with Crippen molar-refractivity contribution in [3.63, 3.8) is 0 Å². The van der Waals surface area contributed by atoms with Gasteiger partial charge in [0.2, 0.25) is 5.91 Å². The summed E-state index contributed by atoms with van der Waals surface area (Å²) < 4.78 is 6.62. The van der Waals surface area contributed by atoms with E-state index in [4.69, 9.17) is 10.5 Å². The zero-order valence-corrected chi connectivity index (χ0v) is 8.93. The highest BCUT2D eigenvalue weighted by Gasteiger charge is 2.12. The van der Waals surface area contributed by atoms with Gasteiger partial charge in [-0.25, -0.2) is 0 Å². The molecule has 84 valence electrons. The van der Waals surface area contributed by atoms with E-state index >= 15 is 0 Å². The number of amides is 1. The zero-order valence-electron chi connectivity index (χ0n) is 8.93. The van der Waals surface area contributed by atoms with Crippen LogP contribution in [0.4, 0.5) is 5.82 Å². The number of hydrogen-bond acceptors (Lipinski definition) is 4. The molecule has 0 spiro atoms. The lowest BCUT2D eigenvalue weighted by molar-refractivity contribution is -0.118. The number of nitrogens with two attached hydrogens (primary N) is 1. The number of nitrogens with zero attached hydrogens (tertiary/aromatic N) is 2. The number of aromatic nitrogens is 2. The molecule has 1 heterocycles. The molecular formula is C9H16N4O2. The van der Waals surface area contributed by atoms with Gasteiger partial charge in [-0.05, 0) is 0 Å². The van der Waals surface area contributed by atoms with Crippen LogP contribution in [0.15, 0.2) is 12.3 Å². The summed E-state index contributed by atoms with van der Waals surface area (Å²) in [5.74, 6) is 0.389. The number of rotatable bonds is 5. The maximum Gasteiger partial charge on any atom is 0.228 e. The van der Waals surface area contributed by atoms with E-state index in [1.54, 1.807) is 24.0 Å². The highest BCUT2D eigenvalue weighted by Crippen LogP contribution is 2.03. The van der Waals surface area contributed by atoms with Crippen LogP contribution >= 0.6 is 0 Å². The first-order valence-corrected chi connectivity index (χ1v) is 4.68. The highest BCUT2D eigenvalue weighted by atomic mass is 16.5. The van der Waals surface area contributed by atoms with Crippen molar-refractivity contribution < 1.29 is 9.53 Å². The third-order valence-corrected chi connectivity index (χ3v) is 1.99. The molecule has 1 amide bonds. The predicted octanol–water partition coefficient (Wildman–Crippen LogP) is -0.278. The van der Waals surface area contributed by atoms with Crippen molar-refractivity contribution in [3.05, 3.63) is 12.3 Å². The SMILES string of the molecule is COC(CN)CC(=O)Nc1ccn(C)n1. The second-order valence-corrected chi connectivity index (χ2v) is 3.22. The molecule has 15 heavy (non-hydrogen) atoms. The van der Waals surface area contributed by atoms with E-state index in [-0.39, 0.29) is 18.4 Å². The minimum Gasteiger partial charge on any atom is -0.380 e. The molecule has 1 atom stereocenters. The Morgan fingerprint density at radius 2 is 2.53 bits per heavy atom. The Balaban J connectivity index is 2.42. The molecule has 0 fully saturated rings. The Morgan fingerprint density at radius 1 is 1.80 bits per heavy atom. The highest BCUT2D eigenvalue weighted by molar-refractivity contribution is 5.90. The Morgan fingerprint density at radius 3 is 3.00 bits per heavy atom. The third kappa shape index (κ3) is 3.69. The summed E-state index contributed by atoms with van der Waals surface area (Å²) in [5, 5.41) is 6.68. The fourth-order valence-corrected chi connectivity index (χ4v) is 1.15. The fourth-order valence-electron chi connectivity index (χ4n) is 1.15. The summed E-state index contributed by atoms with van der Waals surface area (Å²) in [4.78, 5) is 11.5. The summed E-state index contributed by atoms with van der Waals surface area (Å²) in [6.45, 7) is 0.326. The van der Waals surface area contributed by atoms with Gasteiger partial charge in [-0.1, -0.05) is 0 Å². The summed E-state index contributed by atoms with van der Waals surface area (Å²) in [6.07, 6.45) is 1.75. The van der Waals surface area contributed by atoms with Crippen molar-refractivity contribution in [2.45, 2.75) is 12.5 Å². The fraction of sp³-hybridized carbons (Fsp3) is 0.556. The van der Waals surface area contributed by atoms with Gasteiger partial charge in [-0.15, -0.1) is 0 Å². The first kappa shape index (κ1) is 11.7. The Hall–Kier alpha value is -1.40. The number of anilines is 1. The van der Waals surface area contributed by atoms with Gasteiger partial charge in [-0.2, -0.15) is 5.10 Å². The standard InChI is InChI=1S/C9H16N4O2/c1-13-4-3-8(12-13)11-9(14)5-7(6-10)15-2/h3-4,7H,5-6,10H2,1-2H3,(H,11,12,14). The largest absolute Gasteiger partial charge is 0.380 e. The van der Waals surface area contributed by atoms with E-state index in [1.807, 2.05) is 0 Å². The molecule has 0 saturated heterocycles. The molecule has 0 saturated carbocycles. The van der Waals surface area contributed by atoms with Crippen LogP contribution in [-0.2, 0) is 16.6 Å². The lowest BCUT2D eigenvalue weighted by Crippen LogP contribution is -2.28. The van der Waals surface area contributed by atoms with Gasteiger partial charge in [0.15, 0.2) is 5.82 Å². The Labute approximate surface area is 88.4 Å². The van der Waals surface area contributed by atoms with Crippen LogP contribution in [-0.4, -0.2) is 35.4 Å². The van der Waals surface area contributed by atoms with Crippen LogP contribution in [0.5, 0.6) is 0 Å². The number of hydrogen-bond donors (Lipinski definition) is 2. The minimum absolute atomic E-state index is 0.147. The number of nitrogens with one attached hydrogen (secondary N) is 1. The van der Waals surface area contributed by atoms with Gasteiger partial charge in [-0.3, -0.25) is 9.48 Å². The van der Waals surface area contributed by atoms with Crippen LogP contribution in [0.3, 0.4) is 0 Å². The molecule has 1 aromatic rings. The smallest absolute Gasteiger partial charge is 0.228 e. The van der Waals surface area contributed by atoms with Crippen molar-refractivity contribution in [1.29, 1.82) is 0 Å². The molecular weight excluding hydrogens is 196 g/mol.